The lowest BCUT2D eigenvalue weighted by molar-refractivity contribution is -0.120. The molecule has 1 amide bonds. The van der Waals surface area contributed by atoms with E-state index in [1.54, 1.807) is 13.8 Å². The van der Waals surface area contributed by atoms with Crippen LogP contribution in [0.4, 0.5) is 5.69 Å². The SMILES string of the molecule is Cc1ccc(NC(=O)C2CCC(NS(=O)(=O)C(C)C)CC2)c(C)c1OCC1CC1. The average Bonchev–Trinajstić information content (AvgIpc) is 3.48. The van der Waals surface area contributed by atoms with E-state index < -0.39 is 15.3 Å². The number of nitrogens with one attached hydrogen (secondary N) is 2. The molecule has 6 nitrogen and oxygen atoms in total. The summed E-state index contributed by atoms with van der Waals surface area (Å²) in [6.07, 6.45) is 5.23. The number of ether oxygens (including phenoxy) is 1. The molecule has 29 heavy (non-hydrogen) atoms. The zero-order valence-corrected chi connectivity index (χ0v) is 18.8. The molecule has 2 fully saturated rings. The highest BCUT2D eigenvalue weighted by atomic mass is 32.2. The van der Waals surface area contributed by atoms with Crippen molar-refractivity contribution in [1.82, 2.24) is 4.72 Å². The number of hydrogen-bond acceptors (Lipinski definition) is 4. The molecular formula is C22H34N2O4S. The van der Waals surface area contributed by atoms with Crippen LogP contribution in [-0.4, -0.2) is 32.2 Å². The second kappa shape index (κ2) is 9.04. The van der Waals surface area contributed by atoms with Gasteiger partial charge in [0.1, 0.15) is 5.75 Å². The van der Waals surface area contributed by atoms with Crippen LogP contribution >= 0.6 is 0 Å². The van der Waals surface area contributed by atoms with E-state index in [0.29, 0.717) is 31.6 Å². The van der Waals surface area contributed by atoms with Gasteiger partial charge in [0.15, 0.2) is 0 Å². The molecule has 2 saturated carbocycles. The summed E-state index contributed by atoms with van der Waals surface area (Å²) in [5.74, 6) is 1.47. The van der Waals surface area contributed by atoms with Crippen LogP contribution in [0.3, 0.4) is 0 Å². The van der Waals surface area contributed by atoms with Crippen molar-refractivity contribution in [1.29, 1.82) is 0 Å². The summed E-state index contributed by atoms with van der Waals surface area (Å²) >= 11 is 0. The number of anilines is 1. The first-order valence-electron chi connectivity index (χ1n) is 10.7. The smallest absolute Gasteiger partial charge is 0.227 e. The molecule has 2 N–H and O–H groups in total. The quantitative estimate of drug-likeness (QED) is 0.665. The van der Waals surface area contributed by atoms with E-state index in [0.717, 1.165) is 29.2 Å². The van der Waals surface area contributed by atoms with Gasteiger partial charge in [0, 0.05) is 23.2 Å². The molecule has 0 aromatic heterocycles. The largest absolute Gasteiger partial charge is 0.493 e. The lowest BCUT2D eigenvalue weighted by Crippen LogP contribution is -2.42. The van der Waals surface area contributed by atoms with Gasteiger partial charge in [-0.1, -0.05) is 6.07 Å². The summed E-state index contributed by atoms with van der Waals surface area (Å²) in [5.41, 5.74) is 2.85. The van der Waals surface area contributed by atoms with Crippen LogP contribution in [0, 0.1) is 25.7 Å². The van der Waals surface area contributed by atoms with E-state index in [9.17, 15) is 13.2 Å². The fourth-order valence-electron chi connectivity index (χ4n) is 3.75. The third-order valence-corrected chi connectivity index (χ3v) is 7.97. The Hall–Kier alpha value is -1.60. The minimum absolute atomic E-state index is 0.00950. The molecule has 1 aromatic carbocycles. The topological polar surface area (TPSA) is 84.5 Å². The third-order valence-electron chi connectivity index (χ3n) is 6.07. The lowest BCUT2D eigenvalue weighted by atomic mass is 9.86. The molecule has 0 spiro atoms. The van der Waals surface area contributed by atoms with E-state index in [2.05, 4.69) is 10.0 Å². The maximum absolute atomic E-state index is 12.8. The van der Waals surface area contributed by atoms with Crippen LogP contribution in [0.15, 0.2) is 12.1 Å². The van der Waals surface area contributed by atoms with Crippen molar-refractivity contribution in [2.24, 2.45) is 11.8 Å². The summed E-state index contributed by atoms with van der Waals surface area (Å²) in [7, 11) is -3.27. The van der Waals surface area contributed by atoms with Gasteiger partial charge in [0.25, 0.3) is 0 Å². The number of sulfonamides is 1. The minimum atomic E-state index is -3.27. The lowest BCUT2D eigenvalue weighted by Gasteiger charge is -2.29. The maximum atomic E-state index is 12.8. The summed E-state index contributed by atoms with van der Waals surface area (Å²) < 4.78 is 32.9. The Morgan fingerprint density at radius 3 is 2.34 bits per heavy atom. The Kier molecular flexibility index (Phi) is 6.89. The van der Waals surface area contributed by atoms with Gasteiger partial charge in [0.05, 0.1) is 11.9 Å². The van der Waals surface area contributed by atoms with E-state index >= 15 is 0 Å². The van der Waals surface area contributed by atoms with Gasteiger partial charge >= 0.3 is 0 Å². The molecule has 0 atom stereocenters. The van der Waals surface area contributed by atoms with Crippen molar-refractivity contribution in [2.75, 3.05) is 11.9 Å². The van der Waals surface area contributed by atoms with Gasteiger partial charge in [-0.2, -0.15) is 0 Å². The Balaban J connectivity index is 1.56. The molecule has 0 heterocycles. The molecule has 0 saturated heterocycles. The second-order valence-electron chi connectivity index (χ2n) is 8.89. The fourth-order valence-corrected chi connectivity index (χ4v) is 4.72. The summed E-state index contributed by atoms with van der Waals surface area (Å²) in [5, 5.41) is 2.63. The Morgan fingerprint density at radius 1 is 1.10 bits per heavy atom. The van der Waals surface area contributed by atoms with Crippen LogP contribution in [0.1, 0.15) is 63.5 Å². The van der Waals surface area contributed by atoms with Gasteiger partial charge in [-0.3, -0.25) is 4.79 Å². The Labute approximate surface area is 174 Å². The van der Waals surface area contributed by atoms with E-state index in [1.165, 1.54) is 12.8 Å². The number of rotatable bonds is 8. The molecule has 0 aliphatic heterocycles. The summed E-state index contributed by atoms with van der Waals surface area (Å²) in [6, 6.07) is 3.85. The van der Waals surface area contributed by atoms with Gasteiger partial charge in [-0.05, 0) is 83.8 Å². The molecule has 162 valence electrons. The molecule has 3 rings (SSSR count). The standard InChI is InChI=1S/C22H34N2O4S/c1-14(2)29(26,27)24-19-10-8-18(9-11-19)22(25)23-20-12-5-15(3)21(16(20)4)28-13-17-6-7-17/h5,12,14,17-19,24H,6-11,13H2,1-4H3,(H,23,25). The van der Waals surface area contributed by atoms with Gasteiger partial charge in [0.2, 0.25) is 15.9 Å². The van der Waals surface area contributed by atoms with Gasteiger partial charge in [-0.25, -0.2) is 13.1 Å². The number of aryl methyl sites for hydroxylation is 1. The zero-order chi connectivity index (χ0) is 21.2. The van der Waals surface area contributed by atoms with Crippen LogP contribution < -0.4 is 14.8 Å². The Morgan fingerprint density at radius 2 is 1.76 bits per heavy atom. The molecular weight excluding hydrogens is 388 g/mol. The monoisotopic (exact) mass is 422 g/mol. The number of benzene rings is 1. The zero-order valence-electron chi connectivity index (χ0n) is 18.0. The molecule has 2 aliphatic carbocycles. The first-order chi connectivity index (χ1) is 13.7. The van der Waals surface area contributed by atoms with Crippen molar-refractivity contribution >= 4 is 21.6 Å². The summed E-state index contributed by atoms with van der Waals surface area (Å²) in [4.78, 5) is 12.8. The number of amides is 1. The van der Waals surface area contributed by atoms with Crippen LogP contribution in [0.2, 0.25) is 0 Å². The van der Waals surface area contributed by atoms with E-state index in [1.807, 2.05) is 26.0 Å². The van der Waals surface area contributed by atoms with Crippen molar-refractivity contribution in [3.8, 4) is 5.75 Å². The minimum Gasteiger partial charge on any atom is -0.493 e. The van der Waals surface area contributed by atoms with Crippen LogP contribution in [-0.2, 0) is 14.8 Å². The Bertz CT molecular complexity index is 839. The van der Waals surface area contributed by atoms with Crippen molar-refractivity contribution in [2.45, 2.75) is 77.5 Å². The summed E-state index contributed by atoms with van der Waals surface area (Å²) in [6.45, 7) is 8.11. The molecule has 0 bridgehead atoms. The maximum Gasteiger partial charge on any atom is 0.227 e. The van der Waals surface area contributed by atoms with Crippen molar-refractivity contribution in [3.05, 3.63) is 23.3 Å². The highest BCUT2D eigenvalue weighted by molar-refractivity contribution is 7.90. The molecule has 1 aromatic rings. The van der Waals surface area contributed by atoms with Crippen molar-refractivity contribution < 1.29 is 17.9 Å². The third kappa shape index (κ3) is 5.72. The van der Waals surface area contributed by atoms with Crippen molar-refractivity contribution in [3.63, 3.8) is 0 Å². The van der Waals surface area contributed by atoms with Crippen LogP contribution in [0.25, 0.3) is 0 Å². The average molecular weight is 423 g/mol. The fraction of sp³-hybridized carbons (Fsp3) is 0.682. The van der Waals surface area contributed by atoms with Gasteiger partial charge < -0.3 is 10.1 Å². The first-order valence-corrected chi connectivity index (χ1v) is 12.3. The molecule has 0 unspecified atom stereocenters. The van der Waals surface area contributed by atoms with Crippen LogP contribution in [0.5, 0.6) is 5.75 Å². The number of carbonyl (C=O) groups excluding carboxylic acids is 1. The second-order valence-corrected chi connectivity index (χ2v) is 11.2. The first kappa shape index (κ1) is 22.1. The predicted molar refractivity (Wildman–Crippen MR) is 116 cm³/mol. The number of carbonyl (C=O) groups is 1. The number of hydrogen-bond donors (Lipinski definition) is 2. The highest BCUT2D eigenvalue weighted by Crippen LogP contribution is 2.34. The van der Waals surface area contributed by atoms with E-state index in [4.69, 9.17) is 4.74 Å². The molecule has 2 aliphatic rings. The molecule has 0 radical (unpaired) electrons. The molecule has 7 heteroatoms. The normalized spacial score (nSPS) is 22.5. The highest BCUT2D eigenvalue weighted by Gasteiger charge is 2.30. The predicted octanol–water partition coefficient (Wildman–Crippen LogP) is 3.92. The van der Waals surface area contributed by atoms with E-state index in [-0.39, 0.29) is 17.9 Å². The van der Waals surface area contributed by atoms with Gasteiger partial charge in [-0.15, -0.1) is 0 Å².